The second-order valence-corrected chi connectivity index (χ2v) is 6.72. The highest BCUT2D eigenvalue weighted by Crippen LogP contribution is 2.16. The molecule has 124 valence electrons. The van der Waals surface area contributed by atoms with Gasteiger partial charge in [-0.3, -0.25) is 4.90 Å². The summed E-state index contributed by atoms with van der Waals surface area (Å²) in [5, 5.41) is 3.91. The molecule has 0 aromatic carbocycles. The zero-order chi connectivity index (χ0) is 16.3. The van der Waals surface area contributed by atoms with Crippen LogP contribution in [0.15, 0.2) is 4.52 Å². The first-order valence-electron chi connectivity index (χ1n) is 7.82. The fourth-order valence-electron chi connectivity index (χ4n) is 2.46. The molecule has 1 aromatic heterocycles. The third-order valence-corrected chi connectivity index (χ3v) is 3.52. The van der Waals surface area contributed by atoms with Gasteiger partial charge in [0.15, 0.2) is 5.82 Å². The molecule has 2 heterocycles. The molecular formula is C15H26N4O3. The van der Waals surface area contributed by atoms with Crippen LogP contribution in [0.1, 0.15) is 46.3 Å². The Balaban J connectivity index is 1.88. The Hall–Kier alpha value is -1.63. The molecule has 0 unspecified atom stereocenters. The van der Waals surface area contributed by atoms with Crippen LogP contribution < -0.4 is 0 Å². The highest BCUT2D eigenvalue weighted by atomic mass is 16.6. The number of ether oxygens (including phenoxy) is 1. The molecule has 0 spiro atoms. The van der Waals surface area contributed by atoms with Crippen LogP contribution in [-0.2, 0) is 17.7 Å². The molecule has 0 aliphatic carbocycles. The van der Waals surface area contributed by atoms with Crippen molar-refractivity contribution in [2.45, 2.75) is 59.2 Å². The van der Waals surface area contributed by atoms with Crippen molar-refractivity contribution in [1.82, 2.24) is 19.9 Å². The smallest absolute Gasteiger partial charge is 0.410 e. The predicted octanol–water partition coefficient (Wildman–Crippen LogP) is 2.07. The summed E-state index contributed by atoms with van der Waals surface area (Å²) < 4.78 is 10.7. The maximum absolute atomic E-state index is 12.2. The SMILES string of the molecule is CCc1noc(CN2CCN(C(=O)OC(C)(C)C)[C@@H](C)C2)n1. The van der Waals surface area contributed by atoms with Gasteiger partial charge in [-0.2, -0.15) is 4.98 Å². The van der Waals surface area contributed by atoms with Gasteiger partial charge in [0.25, 0.3) is 0 Å². The molecule has 0 bridgehead atoms. The summed E-state index contributed by atoms with van der Waals surface area (Å²) in [4.78, 5) is 20.5. The number of amides is 1. The number of carbonyl (C=O) groups excluding carboxylic acids is 1. The Bertz CT molecular complexity index is 509. The van der Waals surface area contributed by atoms with Crippen LogP contribution in [0.3, 0.4) is 0 Å². The van der Waals surface area contributed by atoms with E-state index in [-0.39, 0.29) is 12.1 Å². The summed E-state index contributed by atoms with van der Waals surface area (Å²) in [7, 11) is 0. The first-order chi connectivity index (χ1) is 10.3. The largest absolute Gasteiger partial charge is 0.444 e. The summed E-state index contributed by atoms with van der Waals surface area (Å²) in [6, 6.07) is 0.0946. The fourth-order valence-corrected chi connectivity index (χ4v) is 2.46. The van der Waals surface area contributed by atoms with Crippen molar-refractivity contribution >= 4 is 6.09 Å². The van der Waals surface area contributed by atoms with Crippen LogP contribution in [-0.4, -0.2) is 57.3 Å². The zero-order valence-corrected chi connectivity index (χ0v) is 14.1. The van der Waals surface area contributed by atoms with Gasteiger partial charge < -0.3 is 14.2 Å². The lowest BCUT2D eigenvalue weighted by atomic mass is 10.2. The van der Waals surface area contributed by atoms with E-state index in [0.717, 1.165) is 25.3 Å². The van der Waals surface area contributed by atoms with Crippen LogP contribution >= 0.6 is 0 Å². The minimum atomic E-state index is -0.464. The van der Waals surface area contributed by atoms with Gasteiger partial charge in [-0.05, 0) is 27.7 Å². The molecule has 22 heavy (non-hydrogen) atoms. The molecule has 0 N–H and O–H groups in total. The van der Waals surface area contributed by atoms with Crippen molar-refractivity contribution < 1.29 is 14.1 Å². The number of hydrogen-bond donors (Lipinski definition) is 0. The minimum absolute atomic E-state index is 0.0946. The molecular weight excluding hydrogens is 284 g/mol. The minimum Gasteiger partial charge on any atom is -0.444 e. The number of aryl methyl sites for hydroxylation is 1. The van der Waals surface area contributed by atoms with E-state index in [1.165, 1.54) is 0 Å². The molecule has 1 atom stereocenters. The first-order valence-corrected chi connectivity index (χ1v) is 7.82. The Morgan fingerprint density at radius 1 is 1.41 bits per heavy atom. The van der Waals surface area contributed by atoms with Crippen LogP contribution in [0, 0.1) is 0 Å². The lowest BCUT2D eigenvalue weighted by Gasteiger charge is -2.39. The normalized spacial score (nSPS) is 20.2. The third kappa shape index (κ3) is 4.43. The molecule has 7 heteroatoms. The van der Waals surface area contributed by atoms with Crippen LogP contribution in [0.4, 0.5) is 4.79 Å². The van der Waals surface area contributed by atoms with Gasteiger partial charge in [-0.1, -0.05) is 12.1 Å². The Labute approximate surface area is 131 Å². The molecule has 0 radical (unpaired) electrons. The van der Waals surface area contributed by atoms with Crippen molar-refractivity contribution in [2.75, 3.05) is 19.6 Å². The standard InChI is InChI=1S/C15H26N4O3/c1-6-12-16-13(22-17-12)10-18-7-8-19(11(2)9-18)14(20)21-15(3,4)5/h11H,6-10H2,1-5H3/t11-/m0/s1. The first kappa shape index (κ1) is 16.7. The number of carbonyl (C=O) groups is 1. The number of aromatic nitrogens is 2. The summed E-state index contributed by atoms with van der Waals surface area (Å²) in [6.07, 6.45) is 0.525. The van der Waals surface area contributed by atoms with Gasteiger partial charge in [-0.15, -0.1) is 0 Å². The van der Waals surface area contributed by atoms with E-state index in [4.69, 9.17) is 9.26 Å². The van der Waals surface area contributed by atoms with Gasteiger partial charge in [0.1, 0.15) is 5.60 Å². The van der Waals surface area contributed by atoms with Crippen molar-refractivity contribution in [3.8, 4) is 0 Å². The Morgan fingerprint density at radius 2 is 2.14 bits per heavy atom. The highest BCUT2D eigenvalue weighted by molar-refractivity contribution is 5.68. The summed E-state index contributed by atoms with van der Waals surface area (Å²) in [5.74, 6) is 1.37. The van der Waals surface area contributed by atoms with Crippen molar-refractivity contribution in [3.63, 3.8) is 0 Å². The number of hydrogen-bond acceptors (Lipinski definition) is 6. The van der Waals surface area contributed by atoms with Gasteiger partial charge in [0.05, 0.1) is 6.54 Å². The lowest BCUT2D eigenvalue weighted by Crippen LogP contribution is -2.54. The average molecular weight is 310 g/mol. The van der Waals surface area contributed by atoms with Gasteiger partial charge >= 0.3 is 6.09 Å². The van der Waals surface area contributed by atoms with Crippen molar-refractivity contribution in [1.29, 1.82) is 0 Å². The van der Waals surface area contributed by atoms with E-state index < -0.39 is 5.60 Å². The number of nitrogens with zero attached hydrogens (tertiary/aromatic N) is 4. The molecule has 0 saturated carbocycles. The van der Waals surface area contributed by atoms with E-state index in [0.29, 0.717) is 19.0 Å². The predicted molar refractivity (Wildman–Crippen MR) is 81.4 cm³/mol. The van der Waals surface area contributed by atoms with Gasteiger partial charge in [-0.25, -0.2) is 4.79 Å². The van der Waals surface area contributed by atoms with E-state index in [9.17, 15) is 4.79 Å². The monoisotopic (exact) mass is 310 g/mol. The van der Waals surface area contributed by atoms with E-state index in [1.54, 1.807) is 4.90 Å². The Kier molecular flexibility index (Phi) is 5.05. The molecule has 7 nitrogen and oxygen atoms in total. The maximum atomic E-state index is 12.2. The zero-order valence-electron chi connectivity index (χ0n) is 14.1. The molecule has 2 rings (SSSR count). The summed E-state index contributed by atoms with van der Waals surface area (Å²) >= 11 is 0. The summed E-state index contributed by atoms with van der Waals surface area (Å²) in [5.41, 5.74) is -0.464. The van der Waals surface area contributed by atoms with Crippen molar-refractivity contribution in [2.24, 2.45) is 0 Å². The van der Waals surface area contributed by atoms with Gasteiger partial charge in [0.2, 0.25) is 5.89 Å². The fraction of sp³-hybridized carbons (Fsp3) is 0.800. The third-order valence-electron chi connectivity index (χ3n) is 3.52. The molecule has 1 fully saturated rings. The van der Waals surface area contributed by atoms with Crippen molar-refractivity contribution in [3.05, 3.63) is 11.7 Å². The van der Waals surface area contributed by atoms with Gasteiger partial charge in [0, 0.05) is 32.1 Å². The second-order valence-electron chi connectivity index (χ2n) is 6.72. The van der Waals surface area contributed by atoms with E-state index in [1.807, 2.05) is 34.6 Å². The second kappa shape index (κ2) is 6.64. The highest BCUT2D eigenvalue weighted by Gasteiger charge is 2.31. The molecule has 1 saturated heterocycles. The lowest BCUT2D eigenvalue weighted by molar-refractivity contribution is -0.000450. The number of piperazine rings is 1. The summed E-state index contributed by atoms with van der Waals surface area (Å²) in [6.45, 7) is 12.5. The number of rotatable bonds is 3. The quantitative estimate of drug-likeness (QED) is 0.851. The maximum Gasteiger partial charge on any atom is 0.410 e. The molecule has 1 aliphatic rings. The van der Waals surface area contributed by atoms with E-state index in [2.05, 4.69) is 15.0 Å². The van der Waals surface area contributed by atoms with Crippen LogP contribution in [0.25, 0.3) is 0 Å². The van der Waals surface area contributed by atoms with Crippen LogP contribution in [0.5, 0.6) is 0 Å². The van der Waals surface area contributed by atoms with Crippen LogP contribution in [0.2, 0.25) is 0 Å². The molecule has 1 amide bonds. The average Bonchev–Trinajstić information content (AvgIpc) is 2.84. The Morgan fingerprint density at radius 3 is 2.68 bits per heavy atom. The molecule has 1 aromatic rings. The molecule has 1 aliphatic heterocycles. The van der Waals surface area contributed by atoms with E-state index >= 15 is 0 Å². The topological polar surface area (TPSA) is 71.7 Å².